The fourth-order valence-corrected chi connectivity index (χ4v) is 3.27. The van der Waals surface area contributed by atoms with Crippen molar-refractivity contribution in [2.45, 2.75) is 24.7 Å². The molecule has 0 saturated carbocycles. The van der Waals surface area contributed by atoms with Gasteiger partial charge in [-0.25, -0.2) is 13.1 Å². The van der Waals surface area contributed by atoms with E-state index in [-0.39, 0.29) is 9.92 Å². The molecular formula is C12H19ClN2O3S. The highest BCUT2D eigenvalue weighted by Crippen LogP contribution is 2.29. The number of hydrogen-bond donors (Lipinski definition) is 2. The van der Waals surface area contributed by atoms with E-state index in [0.29, 0.717) is 30.8 Å². The molecule has 0 radical (unpaired) electrons. The smallest absolute Gasteiger partial charge is 0.240 e. The number of halogens is 1. The summed E-state index contributed by atoms with van der Waals surface area (Å²) in [4.78, 5) is 0.172. The number of ether oxygens (including phenoxy) is 1. The van der Waals surface area contributed by atoms with Crippen molar-refractivity contribution >= 4 is 21.6 Å². The molecule has 0 aromatic heterocycles. The Hall–Kier alpha value is -0.820. The molecule has 1 rings (SSSR count). The zero-order valence-electron chi connectivity index (χ0n) is 11.1. The summed E-state index contributed by atoms with van der Waals surface area (Å²) >= 11 is 5.96. The van der Waals surface area contributed by atoms with Crippen LogP contribution in [0.25, 0.3) is 0 Å². The van der Waals surface area contributed by atoms with Crippen molar-refractivity contribution in [3.05, 3.63) is 22.7 Å². The van der Waals surface area contributed by atoms with Crippen LogP contribution < -0.4 is 15.2 Å². The fraction of sp³-hybridized carbons (Fsp3) is 0.500. The molecule has 0 saturated heterocycles. The van der Waals surface area contributed by atoms with E-state index in [9.17, 15) is 8.42 Å². The molecule has 1 aromatic carbocycles. The third-order valence-electron chi connectivity index (χ3n) is 2.66. The van der Waals surface area contributed by atoms with E-state index in [1.165, 1.54) is 13.2 Å². The molecule has 0 fully saturated rings. The van der Waals surface area contributed by atoms with Crippen LogP contribution >= 0.6 is 11.6 Å². The number of hydrogen-bond acceptors (Lipinski definition) is 4. The van der Waals surface area contributed by atoms with Gasteiger partial charge in [0.05, 0.1) is 17.0 Å². The number of aryl methyl sites for hydroxylation is 1. The van der Waals surface area contributed by atoms with Gasteiger partial charge in [-0.1, -0.05) is 11.6 Å². The van der Waals surface area contributed by atoms with E-state index in [2.05, 4.69) is 4.72 Å². The number of methoxy groups -OCH3 is 1. The van der Waals surface area contributed by atoms with Crippen LogP contribution in [0.1, 0.15) is 18.4 Å². The first-order valence-corrected chi connectivity index (χ1v) is 7.82. The maximum absolute atomic E-state index is 12.1. The molecular weight excluding hydrogens is 288 g/mol. The molecule has 0 spiro atoms. The predicted octanol–water partition coefficient (Wildman–Crippen LogP) is 1.67. The van der Waals surface area contributed by atoms with Gasteiger partial charge in [-0.05, 0) is 44.0 Å². The number of rotatable bonds is 7. The van der Waals surface area contributed by atoms with Crippen molar-refractivity contribution in [1.29, 1.82) is 0 Å². The number of nitrogens with two attached hydrogens (primary N) is 1. The molecule has 0 aliphatic heterocycles. The number of nitrogens with one attached hydrogen (secondary N) is 1. The van der Waals surface area contributed by atoms with Gasteiger partial charge < -0.3 is 10.5 Å². The summed E-state index contributed by atoms with van der Waals surface area (Å²) in [6.45, 7) is 2.62. The Morgan fingerprint density at radius 2 is 2.05 bits per heavy atom. The molecule has 0 amide bonds. The van der Waals surface area contributed by atoms with Crippen LogP contribution in [0.15, 0.2) is 17.0 Å². The Bertz CT molecular complexity index is 532. The topological polar surface area (TPSA) is 81.4 Å². The Labute approximate surface area is 119 Å². The monoisotopic (exact) mass is 306 g/mol. The van der Waals surface area contributed by atoms with Crippen molar-refractivity contribution in [3.63, 3.8) is 0 Å². The Morgan fingerprint density at radius 1 is 1.37 bits per heavy atom. The van der Waals surface area contributed by atoms with Crippen LogP contribution in [0.5, 0.6) is 5.75 Å². The molecule has 7 heteroatoms. The molecule has 1 aromatic rings. The molecule has 5 nitrogen and oxygen atoms in total. The molecule has 0 atom stereocenters. The van der Waals surface area contributed by atoms with Crippen LogP contribution in [0.3, 0.4) is 0 Å². The van der Waals surface area contributed by atoms with Gasteiger partial charge in [0.2, 0.25) is 10.0 Å². The Balaban J connectivity index is 2.92. The molecule has 0 bridgehead atoms. The summed E-state index contributed by atoms with van der Waals surface area (Å²) in [7, 11) is -2.06. The van der Waals surface area contributed by atoms with Crippen LogP contribution in [0.4, 0.5) is 0 Å². The fourth-order valence-electron chi connectivity index (χ4n) is 1.64. The molecule has 0 aliphatic rings. The van der Waals surface area contributed by atoms with E-state index in [4.69, 9.17) is 22.1 Å². The van der Waals surface area contributed by atoms with E-state index in [1.807, 2.05) is 0 Å². The van der Waals surface area contributed by atoms with Crippen molar-refractivity contribution in [2.24, 2.45) is 5.73 Å². The van der Waals surface area contributed by atoms with Gasteiger partial charge in [0.15, 0.2) is 0 Å². The van der Waals surface area contributed by atoms with Gasteiger partial charge in [-0.15, -0.1) is 0 Å². The lowest BCUT2D eigenvalue weighted by atomic mass is 10.2. The van der Waals surface area contributed by atoms with Gasteiger partial charge in [-0.3, -0.25) is 0 Å². The predicted molar refractivity (Wildman–Crippen MR) is 76.2 cm³/mol. The average Bonchev–Trinajstić information content (AvgIpc) is 2.36. The first-order valence-electron chi connectivity index (χ1n) is 5.96. The molecule has 0 aliphatic carbocycles. The van der Waals surface area contributed by atoms with Crippen molar-refractivity contribution in [2.75, 3.05) is 20.2 Å². The summed E-state index contributed by atoms with van der Waals surface area (Å²) in [5.41, 5.74) is 5.95. The lowest BCUT2D eigenvalue weighted by molar-refractivity contribution is 0.414. The first-order chi connectivity index (χ1) is 8.92. The quantitative estimate of drug-likeness (QED) is 0.751. The average molecular weight is 307 g/mol. The molecule has 19 heavy (non-hydrogen) atoms. The van der Waals surface area contributed by atoms with Crippen LogP contribution in [-0.2, 0) is 10.0 Å². The number of benzene rings is 1. The second-order valence-electron chi connectivity index (χ2n) is 4.15. The van der Waals surface area contributed by atoms with Crippen molar-refractivity contribution < 1.29 is 13.2 Å². The SMILES string of the molecule is COc1cc(C)c(S(=O)(=O)NCCCCN)cc1Cl. The highest BCUT2D eigenvalue weighted by atomic mass is 35.5. The minimum Gasteiger partial charge on any atom is -0.495 e. The maximum atomic E-state index is 12.1. The van der Waals surface area contributed by atoms with E-state index >= 15 is 0 Å². The van der Waals surface area contributed by atoms with E-state index < -0.39 is 10.0 Å². The van der Waals surface area contributed by atoms with Crippen molar-refractivity contribution in [1.82, 2.24) is 4.72 Å². The molecule has 0 heterocycles. The van der Waals surface area contributed by atoms with E-state index in [0.717, 1.165) is 6.42 Å². The second kappa shape index (κ2) is 7.09. The lowest BCUT2D eigenvalue weighted by Crippen LogP contribution is -2.26. The second-order valence-corrected chi connectivity index (χ2v) is 6.29. The van der Waals surface area contributed by atoms with Crippen LogP contribution in [0, 0.1) is 6.92 Å². The van der Waals surface area contributed by atoms with Crippen LogP contribution in [-0.4, -0.2) is 28.6 Å². The van der Waals surface area contributed by atoms with E-state index in [1.54, 1.807) is 13.0 Å². The zero-order chi connectivity index (χ0) is 14.5. The summed E-state index contributed by atoms with van der Waals surface area (Å²) in [5.74, 6) is 0.459. The summed E-state index contributed by atoms with van der Waals surface area (Å²) in [6.07, 6.45) is 1.49. The van der Waals surface area contributed by atoms with Gasteiger partial charge >= 0.3 is 0 Å². The largest absolute Gasteiger partial charge is 0.495 e. The third kappa shape index (κ3) is 4.35. The Morgan fingerprint density at radius 3 is 2.63 bits per heavy atom. The highest BCUT2D eigenvalue weighted by molar-refractivity contribution is 7.89. The number of sulfonamides is 1. The highest BCUT2D eigenvalue weighted by Gasteiger charge is 2.18. The van der Waals surface area contributed by atoms with Crippen LogP contribution in [0.2, 0.25) is 5.02 Å². The lowest BCUT2D eigenvalue weighted by Gasteiger charge is -2.11. The Kier molecular flexibility index (Phi) is 6.06. The zero-order valence-corrected chi connectivity index (χ0v) is 12.6. The van der Waals surface area contributed by atoms with Gasteiger partial charge in [-0.2, -0.15) is 0 Å². The maximum Gasteiger partial charge on any atom is 0.240 e. The minimum absolute atomic E-state index is 0.172. The summed E-state index contributed by atoms with van der Waals surface area (Å²) in [5, 5.41) is 0.274. The van der Waals surface area contributed by atoms with Gasteiger partial charge in [0.1, 0.15) is 5.75 Å². The van der Waals surface area contributed by atoms with Gasteiger partial charge in [0, 0.05) is 6.54 Å². The normalized spacial score (nSPS) is 11.6. The molecule has 108 valence electrons. The van der Waals surface area contributed by atoms with Crippen molar-refractivity contribution in [3.8, 4) is 5.75 Å². The minimum atomic E-state index is -3.55. The molecule has 0 unspecified atom stereocenters. The van der Waals surface area contributed by atoms with Gasteiger partial charge in [0.25, 0.3) is 0 Å². The summed E-state index contributed by atoms with van der Waals surface area (Å²) < 4.78 is 31.8. The number of unbranched alkanes of at least 4 members (excludes halogenated alkanes) is 1. The summed E-state index contributed by atoms with van der Waals surface area (Å²) in [6, 6.07) is 3.01. The first kappa shape index (κ1) is 16.2. The molecule has 3 N–H and O–H groups in total. The standard InChI is InChI=1S/C12H19ClN2O3S/c1-9-7-11(18-2)10(13)8-12(9)19(16,17)15-6-4-3-5-14/h7-8,15H,3-6,14H2,1-2H3. The third-order valence-corrected chi connectivity index (χ3v) is 4.56.